The number of hydrogen-bond donors (Lipinski definition) is 1. The molecule has 3 nitrogen and oxygen atoms in total. The Morgan fingerprint density at radius 3 is 2.81 bits per heavy atom. The number of piperazine rings is 1. The Morgan fingerprint density at radius 2 is 2.14 bits per heavy atom. The molecule has 1 aromatic carbocycles. The van der Waals surface area contributed by atoms with E-state index < -0.39 is 0 Å². The molecule has 0 saturated carbocycles. The topological polar surface area (TPSA) is 24.5 Å². The van der Waals surface area contributed by atoms with Crippen LogP contribution in [0.25, 0.3) is 0 Å². The number of benzene rings is 1. The molecule has 1 aliphatic rings. The quantitative estimate of drug-likeness (QED) is 0.894. The fourth-order valence-corrected chi connectivity index (χ4v) is 3.30. The fraction of sp³-hybridized carbons (Fsp3) is 0.647. The zero-order chi connectivity index (χ0) is 15.5. The van der Waals surface area contributed by atoms with Crippen molar-refractivity contribution >= 4 is 15.9 Å². The van der Waals surface area contributed by atoms with Crippen molar-refractivity contribution in [1.29, 1.82) is 0 Å². The Labute approximate surface area is 137 Å². The van der Waals surface area contributed by atoms with Crippen molar-refractivity contribution in [3.8, 4) is 5.75 Å². The van der Waals surface area contributed by atoms with Gasteiger partial charge in [0, 0.05) is 36.2 Å². The molecular formula is C17H27BrN2O. The van der Waals surface area contributed by atoms with E-state index in [1.165, 1.54) is 0 Å². The first-order chi connectivity index (χ1) is 9.86. The summed E-state index contributed by atoms with van der Waals surface area (Å²) in [7, 11) is 0. The van der Waals surface area contributed by atoms with Crippen LogP contribution in [0, 0.1) is 5.41 Å². The molecule has 1 aromatic rings. The number of hydrogen-bond acceptors (Lipinski definition) is 3. The van der Waals surface area contributed by atoms with Crippen molar-refractivity contribution < 1.29 is 4.74 Å². The summed E-state index contributed by atoms with van der Waals surface area (Å²) in [6.07, 6.45) is 0. The number of halogens is 1. The van der Waals surface area contributed by atoms with Gasteiger partial charge in [-0.1, -0.05) is 42.8 Å². The van der Waals surface area contributed by atoms with Crippen LogP contribution in [-0.4, -0.2) is 43.2 Å². The number of nitrogens with one attached hydrogen (secondary N) is 1. The second-order valence-electron chi connectivity index (χ2n) is 6.99. The summed E-state index contributed by atoms with van der Waals surface area (Å²) in [5.74, 6) is 0.930. The van der Waals surface area contributed by atoms with Crippen LogP contribution >= 0.6 is 15.9 Å². The van der Waals surface area contributed by atoms with E-state index in [-0.39, 0.29) is 5.41 Å². The van der Waals surface area contributed by atoms with Gasteiger partial charge in [0.2, 0.25) is 0 Å². The van der Waals surface area contributed by atoms with Crippen molar-refractivity contribution in [3.63, 3.8) is 0 Å². The molecule has 1 saturated heterocycles. The first-order valence-electron chi connectivity index (χ1n) is 7.72. The summed E-state index contributed by atoms with van der Waals surface area (Å²) in [6.45, 7) is 13.1. The Hall–Kier alpha value is -0.580. The van der Waals surface area contributed by atoms with Gasteiger partial charge in [0.15, 0.2) is 0 Å². The van der Waals surface area contributed by atoms with Gasteiger partial charge in [-0.05, 0) is 30.5 Å². The molecule has 0 amide bonds. The molecule has 2 atom stereocenters. The largest absolute Gasteiger partial charge is 0.492 e. The normalized spacial score (nSPS) is 24.0. The highest BCUT2D eigenvalue weighted by Crippen LogP contribution is 2.26. The number of nitrogens with zero attached hydrogens (tertiary/aromatic N) is 1. The molecule has 4 heteroatoms. The Bertz CT molecular complexity index is 458. The maximum Gasteiger partial charge on any atom is 0.120 e. The highest BCUT2D eigenvalue weighted by atomic mass is 79.9. The molecule has 21 heavy (non-hydrogen) atoms. The van der Waals surface area contributed by atoms with Crippen LogP contribution in [0.15, 0.2) is 28.7 Å². The lowest BCUT2D eigenvalue weighted by molar-refractivity contribution is 0.0481. The van der Waals surface area contributed by atoms with Crippen LogP contribution < -0.4 is 10.1 Å². The third-order valence-electron chi connectivity index (χ3n) is 4.05. The highest BCUT2D eigenvalue weighted by Gasteiger charge is 2.34. The molecular weight excluding hydrogens is 328 g/mol. The van der Waals surface area contributed by atoms with E-state index in [0.717, 1.165) is 36.5 Å². The monoisotopic (exact) mass is 354 g/mol. The van der Waals surface area contributed by atoms with Gasteiger partial charge in [-0.3, -0.25) is 4.90 Å². The number of rotatable bonds is 4. The van der Waals surface area contributed by atoms with E-state index >= 15 is 0 Å². The van der Waals surface area contributed by atoms with Crippen molar-refractivity contribution in [2.45, 2.75) is 39.8 Å². The average molecular weight is 355 g/mol. The number of ether oxygens (including phenoxy) is 1. The smallest absolute Gasteiger partial charge is 0.120 e. The van der Waals surface area contributed by atoms with Gasteiger partial charge in [0.25, 0.3) is 0 Å². The van der Waals surface area contributed by atoms with E-state index in [1.54, 1.807) is 0 Å². The molecule has 0 bridgehead atoms. The third-order valence-corrected chi connectivity index (χ3v) is 4.55. The van der Waals surface area contributed by atoms with Gasteiger partial charge >= 0.3 is 0 Å². The minimum atomic E-state index is 0.281. The van der Waals surface area contributed by atoms with Crippen LogP contribution in [-0.2, 0) is 0 Å². The summed E-state index contributed by atoms with van der Waals surface area (Å²) in [4.78, 5) is 2.57. The molecule has 0 aliphatic carbocycles. The Kier molecular flexibility index (Phi) is 5.69. The van der Waals surface area contributed by atoms with E-state index in [0.29, 0.717) is 12.1 Å². The first kappa shape index (κ1) is 16.8. The lowest BCUT2D eigenvalue weighted by Gasteiger charge is -2.45. The van der Waals surface area contributed by atoms with Crippen molar-refractivity contribution in [2.24, 2.45) is 5.41 Å². The molecule has 1 heterocycles. The van der Waals surface area contributed by atoms with Crippen LogP contribution in [0.1, 0.15) is 27.7 Å². The maximum atomic E-state index is 5.89. The molecule has 0 radical (unpaired) electrons. The standard InChI is InChI=1S/C17H27BrN2O/c1-13-12-20(16(11-19-13)17(2,3)4)8-9-21-15-7-5-6-14(18)10-15/h5-7,10,13,16,19H,8-9,11-12H2,1-4H3. The van der Waals surface area contributed by atoms with E-state index in [1.807, 2.05) is 24.3 Å². The van der Waals surface area contributed by atoms with Crippen LogP contribution in [0.2, 0.25) is 0 Å². The van der Waals surface area contributed by atoms with E-state index in [9.17, 15) is 0 Å². The fourth-order valence-electron chi connectivity index (χ4n) is 2.92. The lowest BCUT2D eigenvalue weighted by atomic mass is 9.84. The summed E-state index contributed by atoms with van der Waals surface area (Å²) in [6, 6.07) is 9.15. The second kappa shape index (κ2) is 7.12. The Balaban J connectivity index is 1.90. The summed E-state index contributed by atoms with van der Waals surface area (Å²) >= 11 is 3.48. The third kappa shape index (κ3) is 4.97. The molecule has 1 fully saturated rings. The van der Waals surface area contributed by atoms with Crippen molar-refractivity contribution in [2.75, 3.05) is 26.2 Å². The summed E-state index contributed by atoms with van der Waals surface area (Å²) in [5.41, 5.74) is 0.281. The van der Waals surface area contributed by atoms with Crippen molar-refractivity contribution in [1.82, 2.24) is 10.2 Å². The van der Waals surface area contributed by atoms with Gasteiger partial charge in [0.1, 0.15) is 12.4 Å². The highest BCUT2D eigenvalue weighted by molar-refractivity contribution is 9.10. The van der Waals surface area contributed by atoms with E-state index in [2.05, 4.69) is 53.8 Å². The molecule has 118 valence electrons. The summed E-state index contributed by atoms with van der Waals surface area (Å²) < 4.78 is 6.95. The SMILES string of the molecule is CC1CN(CCOc2cccc(Br)c2)C(C(C)(C)C)CN1. The van der Waals surface area contributed by atoms with Crippen LogP contribution in [0.3, 0.4) is 0 Å². The van der Waals surface area contributed by atoms with Gasteiger partial charge in [-0.15, -0.1) is 0 Å². The maximum absolute atomic E-state index is 5.89. The van der Waals surface area contributed by atoms with Crippen LogP contribution in [0.4, 0.5) is 0 Å². The minimum absolute atomic E-state index is 0.281. The minimum Gasteiger partial charge on any atom is -0.492 e. The zero-order valence-corrected chi connectivity index (χ0v) is 15.1. The van der Waals surface area contributed by atoms with Gasteiger partial charge < -0.3 is 10.1 Å². The lowest BCUT2D eigenvalue weighted by Crippen LogP contribution is -2.60. The average Bonchev–Trinajstić information content (AvgIpc) is 2.37. The Morgan fingerprint density at radius 1 is 1.38 bits per heavy atom. The predicted molar refractivity (Wildman–Crippen MR) is 91.9 cm³/mol. The second-order valence-corrected chi connectivity index (χ2v) is 7.91. The van der Waals surface area contributed by atoms with E-state index in [4.69, 9.17) is 4.74 Å². The molecule has 2 unspecified atom stereocenters. The molecule has 0 aromatic heterocycles. The zero-order valence-electron chi connectivity index (χ0n) is 13.5. The predicted octanol–water partition coefficient (Wildman–Crippen LogP) is 3.54. The molecule has 0 spiro atoms. The van der Waals surface area contributed by atoms with Gasteiger partial charge in [-0.2, -0.15) is 0 Å². The van der Waals surface area contributed by atoms with Gasteiger partial charge in [0.05, 0.1) is 0 Å². The molecule has 1 N–H and O–H groups in total. The van der Waals surface area contributed by atoms with Crippen molar-refractivity contribution in [3.05, 3.63) is 28.7 Å². The summed E-state index contributed by atoms with van der Waals surface area (Å²) in [5, 5.41) is 3.60. The molecule has 2 rings (SSSR count). The first-order valence-corrected chi connectivity index (χ1v) is 8.51. The molecule has 1 aliphatic heterocycles. The van der Waals surface area contributed by atoms with Gasteiger partial charge in [-0.25, -0.2) is 0 Å². The van der Waals surface area contributed by atoms with Crippen LogP contribution in [0.5, 0.6) is 5.75 Å².